The summed E-state index contributed by atoms with van der Waals surface area (Å²) in [4.78, 5) is 27.2. The van der Waals surface area contributed by atoms with Crippen LogP contribution >= 0.6 is 0 Å². The number of hydrogen-bond acceptors (Lipinski definition) is 3. The average molecular weight is 370 g/mol. The van der Waals surface area contributed by atoms with E-state index in [2.05, 4.69) is 0 Å². The molecule has 2 saturated heterocycles. The Morgan fingerprint density at radius 3 is 2.54 bits per heavy atom. The standard InChI is InChI=1S/C18H21F3N2O3/c1-22-15(24)10-14(16(25)26)17(22)5-7-23(8-6-17)11-12-3-2-4-13(9-12)18(19,20)21/h2-4,9,14H,5-8,10-11H2,1H3,(H,25,26). The van der Waals surface area contributed by atoms with Crippen LogP contribution in [0.5, 0.6) is 0 Å². The third kappa shape index (κ3) is 3.30. The molecule has 1 unspecified atom stereocenters. The number of hydrogen-bond donors (Lipinski definition) is 1. The van der Waals surface area contributed by atoms with E-state index < -0.39 is 29.2 Å². The first-order chi connectivity index (χ1) is 12.1. The second-order valence-corrected chi connectivity index (χ2v) is 7.13. The van der Waals surface area contributed by atoms with E-state index in [0.29, 0.717) is 38.0 Å². The molecule has 2 aliphatic rings. The van der Waals surface area contributed by atoms with Gasteiger partial charge in [0.15, 0.2) is 0 Å². The number of halogens is 3. The maximum absolute atomic E-state index is 12.8. The number of amides is 1. The number of likely N-dealkylation sites (tertiary alicyclic amines) is 2. The van der Waals surface area contributed by atoms with Gasteiger partial charge in [-0.05, 0) is 24.5 Å². The zero-order valence-electron chi connectivity index (χ0n) is 14.4. The van der Waals surface area contributed by atoms with Gasteiger partial charge in [-0.3, -0.25) is 14.5 Å². The van der Waals surface area contributed by atoms with Gasteiger partial charge in [0.05, 0.1) is 17.0 Å². The minimum absolute atomic E-state index is 0.0134. The van der Waals surface area contributed by atoms with E-state index in [9.17, 15) is 27.9 Å². The Bertz CT molecular complexity index is 712. The Hall–Kier alpha value is -2.09. The number of carbonyl (C=O) groups excluding carboxylic acids is 1. The van der Waals surface area contributed by atoms with Crippen LogP contribution in [0.25, 0.3) is 0 Å². The van der Waals surface area contributed by atoms with Crippen LogP contribution in [-0.2, 0) is 22.3 Å². The summed E-state index contributed by atoms with van der Waals surface area (Å²) >= 11 is 0. The summed E-state index contributed by atoms with van der Waals surface area (Å²) in [6.07, 6.45) is -3.35. The van der Waals surface area contributed by atoms with Crippen molar-refractivity contribution in [2.75, 3.05) is 20.1 Å². The number of carboxylic acids is 1. The molecule has 2 heterocycles. The van der Waals surface area contributed by atoms with Crippen molar-refractivity contribution in [3.63, 3.8) is 0 Å². The lowest BCUT2D eigenvalue weighted by Gasteiger charge is -2.45. The minimum atomic E-state index is -4.37. The predicted molar refractivity (Wildman–Crippen MR) is 87.2 cm³/mol. The Kier molecular flexibility index (Phi) is 4.72. The van der Waals surface area contributed by atoms with Crippen LogP contribution in [0.2, 0.25) is 0 Å². The molecule has 1 aromatic carbocycles. The van der Waals surface area contributed by atoms with Gasteiger partial charge in [-0.15, -0.1) is 0 Å². The number of carboxylic acid groups (broad SMARTS) is 1. The Morgan fingerprint density at radius 1 is 1.31 bits per heavy atom. The lowest BCUT2D eigenvalue weighted by Crippen LogP contribution is -2.55. The van der Waals surface area contributed by atoms with E-state index in [1.54, 1.807) is 18.0 Å². The highest BCUT2D eigenvalue weighted by atomic mass is 19.4. The van der Waals surface area contributed by atoms with Gasteiger partial charge in [0.2, 0.25) is 5.91 Å². The molecule has 0 saturated carbocycles. The van der Waals surface area contributed by atoms with Crippen molar-refractivity contribution in [1.82, 2.24) is 9.80 Å². The normalized spacial score (nSPS) is 23.6. The molecule has 1 amide bonds. The van der Waals surface area contributed by atoms with Crippen molar-refractivity contribution in [1.29, 1.82) is 0 Å². The minimum Gasteiger partial charge on any atom is -0.481 e. The monoisotopic (exact) mass is 370 g/mol. The van der Waals surface area contributed by atoms with Gasteiger partial charge in [-0.1, -0.05) is 18.2 Å². The SMILES string of the molecule is CN1C(=O)CC(C(=O)O)C12CCN(Cc1cccc(C(F)(F)F)c1)CC2. The molecule has 1 N–H and O–H groups in total. The van der Waals surface area contributed by atoms with Gasteiger partial charge in [0.25, 0.3) is 0 Å². The van der Waals surface area contributed by atoms with Crippen molar-refractivity contribution >= 4 is 11.9 Å². The highest BCUT2D eigenvalue weighted by molar-refractivity contribution is 5.88. The highest BCUT2D eigenvalue weighted by Gasteiger charge is 2.55. The molecule has 5 nitrogen and oxygen atoms in total. The molecule has 8 heteroatoms. The molecule has 1 atom stereocenters. The molecule has 3 rings (SSSR count). The summed E-state index contributed by atoms with van der Waals surface area (Å²) in [5.41, 5.74) is -0.787. The first-order valence-corrected chi connectivity index (χ1v) is 8.51. The fourth-order valence-corrected chi connectivity index (χ4v) is 4.19. The maximum Gasteiger partial charge on any atom is 0.416 e. The molecule has 0 aromatic heterocycles. The molecule has 0 radical (unpaired) electrons. The second kappa shape index (κ2) is 6.57. The lowest BCUT2D eigenvalue weighted by molar-refractivity contribution is -0.146. The zero-order valence-corrected chi connectivity index (χ0v) is 14.4. The topological polar surface area (TPSA) is 60.9 Å². The third-order valence-electron chi connectivity index (χ3n) is 5.75. The molecule has 142 valence electrons. The molecule has 1 aromatic rings. The van der Waals surface area contributed by atoms with Gasteiger partial charge < -0.3 is 10.0 Å². The Labute approximate surface area is 149 Å². The molecule has 26 heavy (non-hydrogen) atoms. The van der Waals surface area contributed by atoms with Crippen molar-refractivity contribution < 1.29 is 27.9 Å². The van der Waals surface area contributed by atoms with Gasteiger partial charge in [0, 0.05) is 33.1 Å². The summed E-state index contributed by atoms with van der Waals surface area (Å²) in [7, 11) is 1.65. The van der Waals surface area contributed by atoms with Crippen LogP contribution < -0.4 is 0 Å². The largest absolute Gasteiger partial charge is 0.481 e. The maximum atomic E-state index is 12.8. The molecule has 1 spiro atoms. The Balaban J connectivity index is 1.69. The summed E-state index contributed by atoms with van der Waals surface area (Å²) in [5, 5.41) is 9.48. The molecule has 2 aliphatic heterocycles. The van der Waals surface area contributed by atoms with E-state index in [0.717, 1.165) is 12.1 Å². The van der Waals surface area contributed by atoms with Crippen molar-refractivity contribution in [3.8, 4) is 0 Å². The van der Waals surface area contributed by atoms with E-state index >= 15 is 0 Å². The van der Waals surface area contributed by atoms with Crippen LogP contribution in [0.3, 0.4) is 0 Å². The summed E-state index contributed by atoms with van der Waals surface area (Å²) in [6, 6.07) is 5.25. The van der Waals surface area contributed by atoms with Crippen molar-refractivity contribution in [2.45, 2.75) is 37.5 Å². The number of rotatable bonds is 3. The fraction of sp³-hybridized carbons (Fsp3) is 0.556. The number of nitrogens with zero attached hydrogens (tertiary/aromatic N) is 2. The van der Waals surface area contributed by atoms with Gasteiger partial charge in [0.1, 0.15) is 0 Å². The zero-order chi connectivity index (χ0) is 19.1. The van der Waals surface area contributed by atoms with Crippen LogP contribution in [-0.4, -0.2) is 52.5 Å². The van der Waals surface area contributed by atoms with Gasteiger partial charge >= 0.3 is 12.1 Å². The number of alkyl halides is 3. The van der Waals surface area contributed by atoms with Crippen LogP contribution in [0.4, 0.5) is 13.2 Å². The second-order valence-electron chi connectivity index (χ2n) is 7.13. The highest BCUT2D eigenvalue weighted by Crippen LogP contribution is 2.43. The first-order valence-electron chi connectivity index (χ1n) is 8.51. The number of piperidine rings is 1. The molecule has 0 bridgehead atoms. The van der Waals surface area contributed by atoms with Gasteiger partial charge in [-0.25, -0.2) is 0 Å². The van der Waals surface area contributed by atoms with E-state index in [4.69, 9.17) is 0 Å². The first kappa shape index (κ1) is 18.7. The Morgan fingerprint density at radius 2 is 1.96 bits per heavy atom. The molecule has 2 fully saturated rings. The summed E-state index contributed by atoms with van der Waals surface area (Å²) < 4.78 is 38.5. The quantitative estimate of drug-likeness (QED) is 0.889. The van der Waals surface area contributed by atoms with Crippen LogP contribution in [0, 0.1) is 5.92 Å². The summed E-state index contributed by atoms with van der Waals surface area (Å²) in [6.45, 7) is 1.45. The van der Waals surface area contributed by atoms with Crippen molar-refractivity contribution in [3.05, 3.63) is 35.4 Å². The molecular weight excluding hydrogens is 349 g/mol. The smallest absolute Gasteiger partial charge is 0.416 e. The number of benzene rings is 1. The average Bonchev–Trinajstić information content (AvgIpc) is 2.82. The fourth-order valence-electron chi connectivity index (χ4n) is 4.19. The van der Waals surface area contributed by atoms with Crippen molar-refractivity contribution in [2.24, 2.45) is 5.92 Å². The number of aliphatic carboxylic acids is 1. The van der Waals surface area contributed by atoms with E-state index in [1.807, 2.05) is 4.90 Å². The van der Waals surface area contributed by atoms with Crippen LogP contribution in [0.1, 0.15) is 30.4 Å². The third-order valence-corrected chi connectivity index (χ3v) is 5.75. The molecular formula is C18H21F3N2O3. The van der Waals surface area contributed by atoms with E-state index in [-0.39, 0.29) is 12.3 Å². The van der Waals surface area contributed by atoms with Crippen LogP contribution in [0.15, 0.2) is 24.3 Å². The molecule has 0 aliphatic carbocycles. The predicted octanol–water partition coefficient (Wildman–Crippen LogP) is 2.60. The van der Waals surface area contributed by atoms with Gasteiger partial charge in [-0.2, -0.15) is 13.2 Å². The number of carbonyl (C=O) groups is 2. The summed E-state index contributed by atoms with van der Waals surface area (Å²) in [5.74, 6) is -1.85. The van der Waals surface area contributed by atoms with E-state index in [1.165, 1.54) is 6.07 Å². The lowest BCUT2D eigenvalue weighted by atomic mass is 9.77.